The number of rotatable bonds is 3. The van der Waals surface area contributed by atoms with Gasteiger partial charge in [-0.3, -0.25) is 4.79 Å². The third-order valence-electron chi connectivity index (χ3n) is 3.14. The largest absolute Gasteiger partial charge is 0.381 e. The average molecular weight is 184 g/mol. The topological polar surface area (TPSA) is 26.3 Å². The highest BCUT2D eigenvalue weighted by Crippen LogP contribution is 2.29. The molecule has 0 atom stereocenters. The summed E-state index contributed by atoms with van der Waals surface area (Å²) in [5, 5.41) is 0. The van der Waals surface area contributed by atoms with E-state index < -0.39 is 0 Å². The van der Waals surface area contributed by atoms with E-state index in [0.717, 1.165) is 32.5 Å². The Labute approximate surface area is 80.7 Å². The lowest BCUT2D eigenvalue weighted by atomic mass is 9.77. The van der Waals surface area contributed by atoms with Crippen molar-refractivity contribution in [2.45, 2.75) is 40.0 Å². The smallest absolute Gasteiger partial charge is 0.141 e. The van der Waals surface area contributed by atoms with E-state index in [2.05, 4.69) is 6.92 Å². The molecule has 2 nitrogen and oxygen atoms in total. The fourth-order valence-electron chi connectivity index (χ4n) is 1.69. The first-order valence-corrected chi connectivity index (χ1v) is 5.20. The summed E-state index contributed by atoms with van der Waals surface area (Å²) in [5.74, 6) is 0.682. The zero-order valence-corrected chi connectivity index (χ0v) is 8.93. The highest BCUT2D eigenvalue weighted by molar-refractivity contribution is 5.86. The molecule has 0 N–H and O–H groups in total. The van der Waals surface area contributed by atoms with Gasteiger partial charge in [0.1, 0.15) is 5.78 Å². The van der Waals surface area contributed by atoms with Crippen molar-refractivity contribution in [1.82, 2.24) is 0 Å². The molecule has 2 heteroatoms. The average Bonchev–Trinajstić information content (AvgIpc) is 2.18. The third-order valence-corrected chi connectivity index (χ3v) is 3.14. The Kier molecular flexibility index (Phi) is 3.48. The minimum atomic E-state index is -0.137. The van der Waals surface area contributed by atoms with Crippen LogP contribution < -0.4 is 0 Å². The Morgan fingerprint density at radius 3 is 2.38 bits per heavy atom. The van der Waals surface area contributed by atoms with Crippen LogP contribution in [0, 0.1) is 11.3 Å². The minimum Gasteiger partial charge on any atom is -0.381 e. The quantitative estimate of drug-likeness (QED) is 0.673. The monoisotopic (exact) mass is 184 g/mol. The molecule has 1 rings (SSSR count). The van der Waals surface area contributed by atoms with E-state index in [-0.39, 0.29) is 11.3 Å². The van der Waals surface area contributed by atoms with Crippen LogP contribution in [0.15, 0.2) is 0 Å². The zero-order chi connectivity index (χ0) is 9.90. The molecule has 1 aliphatic heterocycles. The van der Waals surface area contributed by atoms with Crippen LogP contribution in [0.2, 0.25) is 0 Å². The molecule has 0 spiro atoms. The fourth-order valence-corrected chi connectivity index (χ4v) is 1.69. The summed E-state index contributed by atoms with van der Waals surface area (Å²) in [6.07, 6.45) is 2.77. The van der Waals surface area contributed by atoms with Crippen LogP contribution in [0.25, 0.3) is 0 Å². The van der Waals surface area contributed by atoms with Gasteiger partial charge in [0.15, 0.2) is 0 Å². The van der Waals surface area contributed by atoms with E-state index in [1.807, 2.05) is 13.8 Å². The van der Waals surface area contributed by atoms with Crippen LogP contribution >= 0.6 is 0 Å². The van der Waals surface area contributed by atoms with Crippen molar-refractivity contribution in [3.8, 4) is 0 Å². The van der Waals surface area contributed by atoms with Crippen molar-refractivity contribution in [2.75, 3.05) is 13.2 Å². The van der Waals surface area contributed by atoms with Crippen LogP contribution in [0.4, 0.5) is 0 Å². The maximum atomic E-state index is 12.0. The van der Waals surface area contributed by atoms with E-state index in [9.17, 15) is 4.79 Å². The first-order chi connectivity index (χ1) is 6.08. The molecule has 0 aromatic carbocycles. The highest BCUT2D eigenvalue weighted by atomic mass is 16.5. The summed E-state index contributed by atoms with van der Waals surface area (Å²) in [6.45, 7) is 7.69. The summed E-state index contributed by atoms with van der Waals surface area (Å²) >= 11 is 0. The molecule has 0 aromatic rings. The van der Waals surface area contributed by atoms with Crippen molar-refractivity contribution in [3.63, 3.8) is 0 Å². The van der Waals surface area contributed by atoms with Gasteiger partial charge in [-0.2, -0.15) is 0 Å². The predicted molar refractivity (Wildman–Crippen MR) is 52.6 cm³/mol. The Morgan fingerprint density at radius 1 is 1.38 bits per heavy atom. The second-order valence-corrected chi connectivity index (χ2v) is 4.49. The maximum Gasteiger partial charge on any atom is 0.141 e. The normalized spacial score (nSPS) is 20.2. The van der Waals surface area contributed by atoms with E-state index in [1.54, 1.807) is 0 Å². The molecule has 0 saturated carbocycles. The number of Topliss-reactive ketones (excluding diaryl/α,β-unsaturated/α-hetero) is 1. The van der Waals surface area contributed by atoms with Crippen LogP contribution in [0.5, 0.6) is 0 Å². The molecule has 1 saturated heterocycles. The molecule has 0 radical (unpaired) electrons. The van der Waals surface area contributed by atoms with Gasteiger partial charge in [0, 0.05) is 24.5 Å². The molecule has 0 aliphatic carbocycles. The van der Waals surface area contributed by atoms with Gasteiger partial charge in [0.25, 0.3) is 0 Å². The maximum absolute atomic E-state index is 12.0. The first-order valence-electron chi connectivity index (χ1n) is 5.20. The molecule has 1 heterocycles. The number of carbonyl (C=O) groups excluding carboxylic acids is 1. The summed E-state index contributed by atoms with van der Waals surface area (Å²) < 4.78 is 5.24. The number of ketones is 1. The number of hydrogen-bond acceptors (Lipinski definition) is 2. The Hall–Kier alpha value is -0.370. The Bertz CT molecular complexity index is 179. The van der Waals surface area contributed by atoms with Crippen LogP contribution in [0.3, 0.4) is 0 Å². The molecule has 1 aliphatic rings. The Balaban J connectivity index is 2.55. The van der Waals surface area contributed by atoms with Crippen LogP contribution in [-0.4, -0.2) is 19.0 Å². The second-order valence-electron chi connectivity index (χ2n) is 4.49. The van der Waals surface area contributed by atoms with E-state index in [4.69, 9.17) is 4.74 Å². The van der Waals surface area contributed by atoms with E-state index in [0.29, 0.717) is 5.78 Å². The molecule has 0 amide bonds. The second kappa shape index (κ2) is 4.23. The summed E-state index contributed by atoms with van der Waals surface area (Å²) in [5.41, 5.74) is -0.137. The van der Waals surface area contributed by atoms with Gasteiger partial charge in [-0.05, 0) is 19.3 Å². The highest BCUT2D eigenvalue weighted by Gasteiger charge is 2.32. The van der Waals surface area contributed by atoms with Crippen molar-refractivity contribution in [2.24, 2.45) is 11.3 Å². The third kappa shape index (κ3) is 2.53. The van der Waals surface area contributed by atoms with Gasteiger partial charge in [0.05, 0.1) is 0 Å². The molecule has 13 heavy (non-hydrogen) atoms. The molecule has 0 bridgehead atoms. The van der Waals surface area contributed by atoms with E-state index in [1.165, 1.54) is 0 Å². The SMILES string of the molecule is CCC(C)(C)C(=O)C1CCOCC1. The van der Waals surface area contributed by atoms with Crippen molar-refractivity contribution >= 4 is 5.78 Å². The van der Waals surface area contributed by atoms with Crippen LogP contribution in [-0.2, 0) is 9.53 Å². The molecular formula is C11H20O2. The molecule has 0 unspecified atom stereocenters. The fraction of sp³-hybridized carbons (Fsp3) is 0.909. The Morgan fingerprint density at radius 2 is 1.92 bits per heavy atom. The van der Waals surface area contributed by atoms with Crippen molar-refractivity contribution < 1.29 is 9.53 Å². The van der Waals surface area contributed by atoms with Crippen LogP contribution in [0.1, 0.15) is 40.0 Å². The molecule has 1 fully saturated rings. The zero-order valence-electron chi connectivity index (χ0n) is 8.93. The van der Waals surface area contributed by atoms with Gasteiger partial charge in [-0.25, -0.2) is 0 Å². The number of carbonyl (C=O) groups is 1. The van der Waals surface area contributed by atoms with Crippen molar-refractivity contribution in [3.05, 3.63) is 0 Å². The van der Waals surface area contributed by atoms with Gasteiger partial charge in [-0.15, -0.1) is 0 Å². The standard InChI is InChI=1S/C11H20O2/c1-4-11(2,3)10(12)9-5-7-13-8-6-9/h9H,4-8H2,1-3H3. The molecule has 76 valence electrons. The van der Waals surface area contributed by atoms with E-state index >= 15 is 0 Å². The molecular weight excluding hydrogens is 164 g/mol. The predicted octanol–water partition coefficient (Wildman–Crippen LogP) is 2.42. The summed E-state index contributed by atoms with van der Waals surface area (Å²) in [4.78, 5) is 12.0. The van der Waals surface area contributed by atoms with Gasteiger partial charge < -0.3 is 4.74 Å². The summed E-state index contributed by atoms with van der Waals surface area (Å²) in [7, 11) is 0. The lowest BCUT2D eigenvalue weighted by Gasteiger charge is -2.29. The number of ether oxygens (including phenoxy) is 1. The molecule has 0 aromatic heterocycles. The van der Waals surface area contributed by atoms with Gasteiger partial charge in [0.2, 0.25) is 0 Å². The lowest BCUT2D eigenvalue weighted by molar-refractivity contribution is -0.134. The summed E-state index contributed by atoms with van der Waals surface area (Å²) in [6, 6.07) is 0. The van der Waals surface area contributed by atoms with Crippen molar-refractivity contribution in [1.29, 1.82) is 0 Å². The number of hydrogen-bond donors (Lipinski definition) is 0. The van der Waals surface area contributed by atoms with Gasteiger partial charge in [-0.1, -0.05) is 20.8 Å². The lowest BCUT2D eigenvalue weighted by Crippen LogP contribution is -2.33. The van der Waals surface area contributed by atoms with Gasteiger partial charge >= 0.3 is 0 Å². The first kappa shape index (κ1) is 10.7. The minimum absolute atomic E-state index is 0.137.